The van der Waals surface area contributed by atoms with E-state index in [2.05, 4.69) is 9.82 Å². The smallest absolute Gasteiger partial charge is 0.342 e. The summed E-state index contributed by atoms with van der Waals surface area (Å²) < 4.78 is 33.9. The predicted molar refractivity (Wildman–Crippen MR) is 167 cm³/mol. The van der Waals surface area contributed by atoms with Crippen LogP contribution in [0.4, 0.5) is 11.5 Å². The molecule has 0 bridgehead atoms. The first-order valence-electron chi connectivity index (χ1n) is 12.9. The highest BCUT2D eigenvalue weighted by atomic mass is 35.5. The molecule has 0 aliphatic heterocycles. The highest BCUT2D eigenvalue weighted by molar-refractivity contribution is 7.92. The Morgan fingerprint density at radius 1 is 1.07 bits per heavy atom. The molecule has 1 aromatic heterocycles. The zero-order valence-corrected chi connectivity index (χ0v) is 24.7. The Kier molecular flexibility index (Phi) is 9.45. The number of aromatic nitrogens is 1. The van der Waals surface area contributed by atoms with Crippen LogP contribution in [0.15, 0.2) is 93.7 Å². The molecule has 0 unspecified atom stereocenters. The van der Waals surface area contributed by atoms with E-state index >= 15 is 0 Å². The molecule has 0 radical (unpaired) electrons. The van der Waals surface area contributed by atoms with Crippen molar-refractivity contribution >= 4 is 57.0 Å². The highest BCUT2D eigenvalue weighted by Crippen LogP contribution is 2.24. The number of esters is 1. The first-order valence-corrected chi connectivity index (χ1v) is 14.7. The average Bonchev–Trinajstić information content (AvgIpc) is 2.99. The van der Waals surface area contributed by atoms with E-state index in [1.807, 2.05) is 36.4 Å². The Labute approximate surface area is 253 Å². The molecule has 10 nitrogen and oxygen atoms in total. The van der Waals surface area contributed by atoms with Crippen molar-refractivity contribution in [2.75, 3.05) is 17.1 Å². The molecular weight excluding hydrogens is 590 g/mol. The molecule has 0 aliphatic carbocycles. The van der Waals surface area contributed by atoms with E-state index in [1.165, 1.54) is 42.5 Å². The van der Waals surface area contributed by atoms with Gasteiger partial charge in [-0.3, -0.25) is 9.52 Å². The van der Waals surface area contributed by atoms with Gasteiger partial charge in [-0.2, -0.15) is 15.0 Å². The zero-order chi connectivity index (χ0) is 31.1. The molecule has 3 aromatic carbocycles. The van der Waals surface area contributed by atoms with E-state index in [-0.39, 0.29) is 39.7 Å². The Morgan fingerprint density at radius 2 is 1.72 bits per heavy atom. The standard InChI is InChI=1S/C31H26ClN5O5S/c1-3-42-31(39)28-26(18-9-21-7-5-4-6-8-21)27(19-33)30(38)37(29(28)34)35-20(2)22-10-14-24(15-11-22)36-43(40,41)25-16-12-23(32)13-17-25/h4-18,36H,3,34H2,1-2H3/b18-9+,35-20+. The van der Waals surface area contributed by atoms with Crippen molar-refractivity contribution in [3.63, 3.8) is 0 Å². The summed E-state index contributed by atoms with van der Waals surface area (Å²) in [6.45, 7) is 3.26. The van der Waals surface area contributed by atoms with Crippen molar-refractivity contribution in [3.8, 4) is 6.07 Å². The van der Waals surface area contributed by atoms with Crippen LogP contribution in [0.25, 0.3) is 12.2 Å². The number of nitrogens with one attached hydrogen (secondary N) is 1. The van der Waals surface area contributed by atoms with E-state index in [4.69, 9.17) is 22.1 Å². The predicted octanol–water partition coefficient (Wildman–Crippen LogP) is 5.38. The number of halogens is 1. The van der Waals surface area contributed by atoms with Gasteiger partial charge in [0, 0.05) is 16.3 Å². The van der Waals surface area contributed by atoms with Gasteiger partial charge in [-0.25, -0.2) is 13.2 Å². The number of ether oxygens (including phenoxy) is 1. The Bertz CT molecular complexity index is 1930. The molecule has 0 aliphatic rings. The Morgan fingerprint density at radius 3 is 2.33 bits per heavy atom. The zero-order valence-electron chi connectivity index (χ0n) is 23.1. The first-order chi connectivity index (χ1) is 20.6. The van der Waals surface area contributed by atoms with Gasteiger partial charge in [-0.05, 0) is 61.4 Å². The maximum absolute atomic E-state index is 13.4. The van der Waals surface area contributed by atoms with Crippen LogP contribution in [0.3, 0.4) is 0 Å². The van der Waals surface area contributed by atoms with Gasteiger partial charge in [0.05, 0.1) is 17.2 Å². The minimum Gasteiger partial charge on any atom is -0.462 e. The van der Waals surface area contributed by atoms with Crippen LogP contribution in [0.1, 0.15) is 46.5 Å². The van der Waals surface area contributed by atoms with Crippen LogP contribution >= 0.6 is 11.6 Å². The summed E-state index contributed by atoms with van der Waals surface area (Å²) in [4.78, 5) is 26.4. The SMILES string of the molecule is CCOC(=O)c1c(/C=C/c2ccccc2)c(C#N)c(=O)n(/N=C(\C)c2ccc(NS(=O)(=O)c3ccc(Cl)cc3)cc2)c1N. The summed E-state index contributed by atoms with van der Waals surface area (Å²) in [5.41, 5.74) is 6.88. The molecule has 218 valence electrons. The van der Waals surface area contributed by atoms with Gasteiger partial charge >= 0.3 is 5.97 Å². The summed E-state index contributed by atoms with van der Waals surface area (Å²) in [5.74, 6) is -1.12. The number of benzene rings is 3. The van der Waals surface area contributed by atoms with Crippen molar-refractivity contribution in [3.05, 3.63) is 122 Å². The number of carbonyl (C=O) groups excluding carboxylic acids is 1. The number of hydrogen-bond donors (Lipinski definition) is 2. The number of nitrogens with two attached hydrogens (primary N) is 1. The number of nitrogen functional groups attached to an aromatic ring is 1. The van der Waals surface area contributed by atoms with Crippen molar-refractivity contribution < 1.29 is 17.9 Å². The van der Waals surface area contributed by atoms with Gasteiger partial charge in [-0.1, -0.05) is 66.2 Å². The first kappa shape index (κ1) is 30.8. The van der Waals surface area contributed by atoms with E-state index in [0.29, 0.717) is 16.3 Å². The molecule has 0 spiro atoms. The van der Waals surface area contributed by atoms with Gasteiger partial charge in [0.15, 0.2) is 0 Å². The normalized spacial score (nSPS) is 11.7. The number of nitriles is 1. The molecule has 0 saturated carbocycles. The third-order valence-electron chi connectivity index (χ3n) is 6.19. The lowest BCUT2D eigenvalue weighted by molar-refractivity contribution is 0.0526. The summed E-state index contributed by atoms with van der Waals surface area (Å²) in [6.07, 6.45) is 3.13. The van der Waals surface area contributed by atoms with E-state index in [0.717, 1.165) is 10.2 Å². The largest absolute Gasteiger partial charge is 0.462 e. The van der Waals surface area contributed by atoms with Gasteiger partial charge in [-0.15, -0.1) is 0 Å². The van der Waals surface area contributed by atoms with Gasteiger partial charge in [0.2, 0.25) is 0 Å². The van der Waals surface area contributed by atoms with Crippen LogP contribution in [0.5, 0.6) is 0 Å². The number of nitrogens with zero attached hydrogens (tertiary/aromatic N) is 3. The third-order valence-corrected chi connectivity index (χ3v) is 7.84. The van der Waals surface area contributed by atoms with Crippen molar-refractivity contribution in [1.29, 1.82) is 5.26 Å². The summed E-state index contributed by atoms with van der Waals surface area (Å²) in [6, 6.07) is 23.0. The number of hydrogen-bond acceptors (Lipinski definition) is 8. The second-order valence-electron chi connectivity index (χ2n) is 9.06. The third kappa shape index (κ3) is 7.01. The summed E-state index contributed by atoms with van der Waals surface area (Å²) in [5, 5.41) is 14.6. The maximum atomic E-state index is 13.4. The van der Waals surface area contributed by atoms with Crippen LogP contribution in [-0.4, -0.2) is 31.4 Å². The molecule has 12 heteroatoms. The molecule has 4 aromatic rings. The fraction of sp³-hybridized carbons (Fsp3) is 0.0968. The summed E-state index contributed by atoms with van der Waals surface area (Å²) in [7, 11) is -3.86. The summed E-state index contributed by atoms with van der Waals surface area (Å²) >= 11 is 5.85. The lowest BCUT2D eigenvalue weighted by Gasteiger charge is -2.15. The monoisotopic (exact) mass is 615 g/mol. The second kappa shape index (κ2) is 13.2. The lowest BCUT2D eigenvalue weighted by Crippen LogP contribution is -2.28. The maximum Gasteiger partial charge on any atom is 0.342 e. The Balaban J connectivity index is 1.73. The quantitative estimate of drug-likeness (QED) is 0.189. The Hall–Kier alpha value is -5.18. The van der Waals surface area contributed by atoms with Crippen LogP contribution in [-0.2, 0) is 14.8 Å². The van der Waals surface area contributed by atoms with E-state index < -0.39 is 21.6 Å². The average molecular weight is 616 g/mol. The number of anilines is 2. The number of pyridine rings is 1. The molecule has 0 saturated heterocycles. The fourth-order valence-corrected chi connectivity index (χ4v) is 5.23. The van der Waals surface area contributed by atoms with E-state index in [9.17, 15) is 23.3 Å². The van der Waals surface area contributed by atoms with Gasteiger partial charge in [0.1, 0.15) is 23.0 Å². The van der Waals surface area contributed by atoms with Crippen LogP contribution in [0.2, 0.25) is 5.02 Å². The number of carbonyl (C=O) groups is 1. The van der Waals surface area contributed by atoms with Gasteiger partial charge in [0.25, 0.3) is 15.6 Å². The molecule has 4 rings (SSSR count). The number of rotatable bonds is 9. The molecule has 43 heavy (non-hydrogen) atoms. The molecule has 0 atom stereocenters. The minimum absolute atomic E-state index is 0.0220. The fourth-order valence-electron chi connectivity index (χ4n) is 4.05. The van der Waals surface area contributed by atoms with Gasteiger partial charge < -0.3 is 10.5 Å². The molecule has 0 amide bonds. The molecule has 0 fully saturated rings. The second-order valence-corrected chi connectivity index (χ2v) is 11.2. The van der Waals surface area contributed by atoms with Crippen molar-refractivity contribution in [1.82, 2.24) is 4.68 Å². The topological polar surface area (TPSA) is 157 Å². The lowest BCUT2D eigenvalue weighted by atomic mass is 10.0. The molecular formula is C31H26ClN5O5S. The molecule has 1 heterocycles. The van der Waals surface area contributed by atoms with Crippen molar-refractivity contribution in [2.45, 2.75) is 18.7 Å². The van der Waals surface area contributed by atoms with E-state index in [1.54, 1.807) is 32.1 Å². The minimum atomic E-state index is -3.86. The van der Waals surface area contributed by atoms with Crippen LogP contribution in [0, 0.1) is 11.3 Å². The number of sulfonamides is 1. The molecule has 3 N–H and O–H groups in total. The van der Waals surface area contributed by atoms with Crippen LogP contribution < -0.4 is 16.0 Å². The highest BCUT2D eigenvalue weighted by Gasteiger charge is 2.25. The van der Waals surface area contributed by atoms with Crippen molar-refractivity contribution in [2.24, 2.45) is 5.10 Å².